The standard InChI is InChI=1S/C19H15FN4O/c20-14-9-2-1-7-13(14)17-18-21-19(25)16-12(11-5-3-6-11)8-4-10-15(16)24(18)23-22-17/h1-2,4,7-11,23H,3,5-6H2. The van der Waals surface area contributed by atoms with E-state index in [1.807, 2.05) is 18.2 Å². The van der Waals surface area contributed by atoms with Crippen molar-refractivity contribution in [2.45, 2.75) is 25.2 Å². The highest BCUT2D eigenvalue weighted by Gasteiger charge is 2.24. The number of nitrogens with zero attached hydrogens (tertiary/aromatic N) is 3. The molecule has 1 fully saturated rings. The number of benzene rings is 2. The maximum Gasteiger partial charge on any atom is 0.281 e. The number of H-pyrrole nitrogens is 1. The van der Waals surface area contributed by atoms with Gasteiger partial charge in [-0.2, -0.15) is 10.1 Å². The zero-order valence-electron chi connectivity index (χ0n) is 13.4. The van der Waals surface area contributed by atoms with Crippen LogP contribution in [0.5, 0.6) is 0 Å². The van der Waals surface area contributed by atoms with E-state index in [2.05, 4.69) is 15.3 Å². The van der Waals surface area contributed by atoms with Crippen molar-refractivity contribution < 1.29 is 4.39 Å². The van der Waals surface area contributed by atoms with E-state index in [-0.39, 0.29) is 5.56 Å². The second-order valence-electron chi connectivity index (χ2n) is 6.49. The number of nitrogens with one attached hydrogen (secondary N) is 1. The lowest BCUT2D eigenvalue weighted by molar-refractivity contribution is 0.422. The molecule has 0 atom stereocenters. The Morgan fingerprint density at radius 1 is 1.12 bits per heavy atom. The van der Waals surface area contributed by atoms with Crippen LogP contribution in [0.25, 0.3) is 27.8 Å². The number of fused-ring (bicyclic) bond motifs is 3. The molecule has 1 aliphatic carbocycles. The Morgan fingerprint density at radius 2 is 1.96 bits per heavy atom. The van der Waals surface area contributed by atoms with Crippen LogP contribution in [-0.2, 0) is 0 Å². The lowest BCUT2D eigenvalue weighted by Gasteiger charge is -2.26. The number of aromatic nitrogens is 4. The first kappa shape index (κ1) is 14.3. The molecule has 6 heteroatoms. The first-order valence-corrected chi connectivity index (χ1v) is 8.38. The van der Waals surface area contributed by atoms with E-state index in [1.54, 1.807) is 22.7 Å². The molecule has 0 spiro atoms. The second kappa shape index (κ2) is 5.24. The minimum absolute atomic E-state index is 0.281. The quantitative estimate of drug-likeness (QED) is 0.609. The monoisotopic (exact) mass is 334 g/mol. The fraction of sp³-hybridized carbons (Fsp3) is 0.211. The molecule has 0 radical (unpaired) electrons. The Kier molecular flexibility index (Phi) is 3.00. The molecule has 0 aliphatic heterocycles. The third-order valence-corrected chi connectivity index (χ3v) is 5.10. The Labute approximate surface area is 142 Å². The third-order valence-electron chi connectivity index (χ3n) is 5.10. The topological polar surface area (TPSA) is 63.0 Å². The first-order valence-electron chi connectivity index (χ1n) is 8.38. The second-order valence-corrected chi connectivity index (χ2v) is 6.49. The van der Waals surface area contributed by atoms with Crippen LogP contribution in [-0.4, -0.2) is 19.8 Å². The van der Waals surface area contributed by atoms with Gasteiger partial charge in [0.1, 0.15) is 11.5 Å². The van der Waals surface area contributed by atoms with Crippen LogP contribution in [0.3, 0.4) is 0 Å². The Hall–Kier alpha value is -3.02. The summed E-state index contributed by atoms with van der Waals surface area (Å²) in [6.07, 6.45) is 3.40. The number of halogens is 1. The number of aromatic amines is 1. The molecule has 0 amide bonds. The summed E-state index contributed by atoms with van der Waals surface area (Å²) >= 11 is 0. The van der Waals surface area contributed by atoms with Gasteiger partial charge in [-0.15, -0.1) is 0 Å². The van der Waals surface area contributed by atoms with E-state index in [0.29, 0.717) is 28.2 Å². The van der Waals surface area contributed by atoms with Gasteiger partial charge < -0.3 is 0 Å². The molecule has 1 N–H and O–H groups in total. The summed E-state index contributed by atoms with van der Waals surface area (Å²) in [4.78, 5) is 17.0. The molecule has 2 aromatic carbocycles. The van der Waals surface area contributed by atoms with Crippen LogP contribution in [0, 0.1) is 5.82 Å². The predicted molar refractivity (Wildman–Crippen MR) is 93.1 cm³/mol. The maximum atomic E-state index is 14.1. The molecule has 2 aromatic heterocycles. The summed E-state index contributed by atoms with van der Waals surface area (Å²) in [7, 11) is 0. The smallest absolute Gasteiger partial charge is 0.267 e. The first-order chi connectivity index (χ1) is 12.2. The average Bonchev–Trinajstić information content (AvgIpc) is 2.97. The summed E-state index contributed by atoms with van der Waals surface area (Å²) in [6.45, 7) is 0. The van der Waals surface area contributed by atoms with Gasteiger partial charge in [-0.25, -0.2) is 14.1 Å². The van der Waals surface area contributed by atoms with Crippen molar-refractivity contribution in [3.05, 3.63) is 64.2 Å². The van der Waals surface area contributed by atoms with Crippen molar-refractivity contribution in [1.29, 1.82) is 0 Å². The van der Waals surface area contributed by atoms with E-state index in [0.717, 1.165) is 23.9 Å². The van der Waals surface area contributed by atoms with Gasteiger partial charge in [-0.05, 0) is 42.5 Å². The van der Waals surface area contributed by atoms with Gasteiger partial charge >= 0.3 is 0 Å². The van der Waals surface area contributed by atoms with Crippen LogP contribution in [0.4, 0.5) is 4.39 Å². The van der Waals surface area contributed by atoms with Gasteiger partial charge in [0.25, 0.3) is 5.56 Å². The van der Waals surface area contributed by atoms with Crippen LogP contribution in [0.1, 0.15) is 30.7 Å². The molecular formula is C19H15FN4O. The van der Waals surface area contributed by atoms with Crippen LogP contribution >= 0.6 is 0 Å². The zero-order valence-corrected chi connectivity index (χ0v) is 13.4. The van der Waals surface area contributed by atoms with Gasteiger partial charge in [0.15, 0.2) is 5.65 Å². The largest absolute Gasteiger partial charge is 0.281 e. The van der Waals surface area contributed by atoms with Gasteiger partial charge in [0, 0.05) is 5.56 Å². The van der Waals surface area contributed by atoms with Crippen LogP contribution < -0.4 is 5.56 Å². The molecule has 0 unspecified atom stereocenters. The van der Waals surface area contributed by atoms with Gasteiger partial charge in [0.05, 0.1) is 10.9 Å². The van der Waals surface area contributed by atoms with Gasteiger partial charge in [0.2, 0.25) is 0 Å². The fourth-order valence-electron chi connectivity index (χ4n) is 3.60. The van der Waals surface area contributed by atoms with Gasteiger partial charge in [-0.1, -0.05) is 30.7 Å². The number of hydrogen-bond acceptors (Lipinski definition) is 3. The molecule has 5 nitrogen and oxygen atoms in total. The molecule has 5 rings (SSSR count). The lowest BCUT2D eigenvalue weighted by atomic mass is 9.79. The zero-order chi connectivity index (χ0) is 17.0. The fourth-order valence-corrected chi connectivity index (χ4v) is 3.60. The predicted octanol–water partition coefficient (Wildman–Crippen LogP) is 3.64. The van der Waals surface area contributed by atoms with Crippen molar-refractivity contribution >= 4 is 16.6 Å². The van der Waals surface area contributed by atoms with E-state index >= 15 is 0 Å². The average molecular weight is 334 g/mol. The van der Waals surface area contributed by atoms with E-state index in [1.165, 1.54) is 12.5 Å². The maximum absolute atomic E-state index is 14.1. The summed E-state index contributed by atoms with van der Waals surface area (Å²) in [6, 6.07) is 12.2. The highest BCUT2D eigenvalue weighted by atomic mass is 19.1. The molecular weight excluding hydrogens is 319 g/mol. The normalized spacial score (nSPS) is 14.9. The van der Waals surface area contributed by atoms with Crippen molar-refractivity contribution in [1.82, 2.24) is 19.8 Å². The van der Waals surface area contributed by atoms with Crippen molar-refractivity contribution in [2.24, 2.45) is 0 Å². The molecule has 124 valence electrons. The highest BCUT2D eigenvalue weighted by Crippen LogP contribution is 2.38. The summed E-state index contributed by atoms with van der Waals surface area (Å²) < 4.78 is 15.8. The third kappa shape index (κ3) is 2.03. The van der Waals surface area contributed by atoms with E-state index in [9.17, 15) is 9.18 Å². The minimum atomic E-state index is -0.394. The molecule has 1 saturated carbocycles. The van der Waals surface area contributed by atoms with Crippen LogP contribution in [0.2, 0.25) is 0 Å². The van der Waals surface area contributed by atoms with Crippen molar-refractivity contribution in [3.8, 4) is 11.3 Å². The van der Waals surface area contributed by atoms with Crippen LogP contribution in [0.15, 0.2) is 47.3 Å². The lowest BCUT2D eigenvalue weighted by Crippen LogP contribution is -2.16. The van der Waals surface area contributed by atoms with E-state index < -0.39 is 5.82 Å². The van der Waals surface area contributed by atoms with Crippen molar-refractivity contribution in [3.63, 3.8) is 0 Å². The summed E-state index contributed by atoms with van der Waals surface area (Å²) in [5.74, 6) is 0.0271. The van der Waals surface area contributed by atoms with Crippen molar-refractivity contribution in [2.75, 3.05) is 0 Å². The molecule has 4 aromatic rings. The molecule has 2 heterocycles. The number of rotatable bonds is 2. The van der Waals surface area contributed by atoms with E-state index in [4.69, 9.17) is 0 Å². The SMILES string of the molecule is O=c1nc2c(-c3ccccc3F)n[nH]n2c2cccc(C3CCC3)c12. The summed E-state index contributed by atoms with van der Waals surface area (Å²) in [5, 5.41) is 7.74. The Bertz CT molecular complexity index is 1170. The Balaban J connectivity index is 1.84. The van der Waals surface area contributed by atoms with Gasteiger partial charge in [-0.3, -0.25) is 4.79 Å². The number of hydrogen-bond donors (Lipinski definition) is 1. The molecule has 0 bridgehead atoms. The molecule has 1 aliphatic rings. The molecule has 25 heavy (non-hydrogen) atoms. The summed E-state index contributed by atoms with van der Waals surface area (Å²) in [5.41, 5.74) is 2.51. The highest BCUT2D eigenvalue weighted by molar-refractivity contribution is 5.86. The molecule has 0 saturated heterocycles. The Morgan fingerprint density at radius 3 is 2.72 bits per heavy atom. The minimum Gasteiger partial charge on any atom is -0.267 e.